The van der Waals surface area contributed by atoms with E-state index in [1.165, 1.54) is 97.4 Å². The van der Waals surface area contributed by atoms with Gasteiger partial charge in [0, 0.05) is 70.6 Å². The van der Waals surface area contributed by atoms with Crippen LogP contribution < -0.4 is 19.3 Å². The zero-order valence-electron chi connectivity index (χ0n) is 38.8. The van der Waals surface area contributed by atoms with Gasteiger partial charge in [-0.25, -0.2) is 0 Å². The Hall–Kier alpha value is -5.37. The number of anilines is 2. The van der Waals surface area contributed by atoms with Crippen molar-refractivity contribution >= 4 is 64.6 Å². The number of hydrogen-bond donors (Lipinski definition) is 0. The van der Waals surface area contributed by atoms with Crippen LogP contribution in [0.4, 0.5) is 11.4 Å². The zero-order valence-corrected chi connectivity index (χ0v) is 40.4. The van der Waals surface area contributed by atoms with Crippen molar-refractivity contribution < 1.29 is 14.3 Å². The second kappa shape index (κ2) is 30.7. The second-order valence-electron chi connectivity index (χ2n) is 16.1. The monoisotopic (exact) mass is 911 g/mol. The normalized spacial score (nSPS) is 11.0. The summed E-state index contributed by atoms with van der Waals surface area (Å²) in [5, 5.41) is 2.11. The molecule has 65 heavy (non-hydrogen) atoms. The summed E-state index contributed by atoms with van der Waals surface area (Å²) in [5.41, 5.74) is 6.99. The molecular formula is C58H74N2O3S2. The van der Waals surface area contributed by atoms with E-state index in [0.29, 0.717) is 13.2 Å². The molecule has 0 unspecified atom stereocenters. The summed E-state index contributed by atoms with van der Waals surface area (Å²) in [6.45, 7) is 14.5. The van der Waals surface area contributed by atoms with Gasteiger partial charge in [-0.15, -0.1) is 22.7 Å². The van der Waals surface area contributed by atoms with Gasteiger partial charge in [-0.2, -0.15) is 0 Å². The quantitative estimate of drug-likeness (QED) is 0.0380. The Morgan fingerprint density at radius 3 is 1.37 bits per heavy atom. The molecule has 0 spiro atoms. The first-order chi connectivity index (χ1) is 31.5. The van der Waals surface area contributed by atoms with Gasteiger partial charge in [0.25, 0.3) is 0 Å². The summed E-state index contributed by atoms with van der Waals surface area (Å²) >= 11 is 3.24. The summed E-state index contributed by atoms with van der Waals surface area (Å²) < 4.78 is 12.7. The van der Waals surface area contributed by atoms with Gasteiger partial charge in [0.1, 0.15) is 24.7 Å². The van der Waals surface area contributed by atoms with Crippen LogP contribution in [0.1, 0.15) is 141 Å². The summed E-state index contributed by atoms with van der Waals surface area (Å²) in [4.78, 5) is 19.1. The largest absolute Gasteiger partial charge is 0.488 e. The fourth-order valence-corrected chi connectivity index (χ4v) is 8.58. The molecule has 0 bridgehead atoms. The van der Waals surface area contributed by atoms with Crippen molar-refractivity contribution in [3.05, 3.63) is 164 Å². The van der Waals surface area contributed by atoms with Crippen LogP contribution in [0.2, 0.25) is 0 Å². The molecule has 0 aliphatic heterocycles. The molecule has 2 heterocycles. The molecule has 7 heteroatoms. The Bertz CT molecular complexity index is 2230. The first-order valence-electron chi connectivity index (χ1n) is 23.6. The van der Waals surface area contributed by atoms with E-state index >= 15 is 0 Å². The maximum absolute atomic E-state index is 11.0. The van der Waals surface area contributed by atoms with Gasteiger partial charge in [0.05, 0.1) is 4.88 Å². The van der Waals surface area contributed by atoms with Crippen LogP contribution in [0.15, 0.2) is 127 Å². The SMILES string of the molecule is C.CCCCCN(CCCC)c1ccc(C=Cc2ccc(C=O)s2)c(OCc2ccccc2)c1.CCCCCN(CCCC)c1ccc(C=Cc2cccs2)c(OCc2ccccc2)c1. The van der Waals surface area contributed by atoms with E-state index in [9.17, 15) is 4.79 Å². The highest BCUT2D eigenvalue weighted by Crippen LogP contribution is 2.31. The highest BCUT2D eigenvalue weighted by atomic mass is 32.1. The minimum Gasteiger partial charge on any atom is -0.488 e. The number of unbranched alkanes of at least 4 members (excludes halogenated alkanes) is 6. The predicted molar refractivity (Wildman–Crippen MR) is 286 cm³/mol. The lowest BCUT2D eigenvalue weighted by Crippen LogP contribution is -2.25. The minimum atomic E-state index is 0. The first-order valence-corrected chi connectivity index (χ1v) is 25.3. The number of ether oxygens (including phenoxy) is 2. The van der Waals surface area contributed by atoms with Gasteiger partial charge in [-0.1, -0.05) is 140 Å². The van der Waals surface area contributed by atoms with E-state index < -0.39 is 0 Å². The molecule has 0 aliphatic rings. The first kappa shape index (κ1) is 52.3. The number of rotatable bonds is 27. The number of benzene rings is 4. The van der Waals surface area contributed by atoms with Crippen molar-refractivity contribution in [1.82, 2.24) is 0 Å². The van der Waals surface area contributed by atoms with Crippen LogP contribution in [-0.2, 0) is 13.2 Å². The average molecular weight is 911 g/mol. The lowest BCUT2D eigenvalue weighted by molar-refractivity contribution is 0.112. The zero-order chi connectivity index (χ0) is 45.0. The fraction of sp³-hybridized carbons (Fsp3) is 0.362. The molecule has 0 aliphatic carbocycles. The molecule has 0 saturated heterocycles. The molecule has 0 fully saturated rings. The highest BCUT2D eigenvalue weighted by molar-refractivity contribution is 7.14. The molecule has 5 nitrogen and oxygen atoms in total. The van der Waals surface area contributed by atoms with Crippen molar-refractivity contribution in [2.24, 2.45) is 0 Å². The number of carbonyl (C=O) groups is 1. The lowest BCUT2D eigenvalue weighted by atomic mass is 10.1. The molecule has 0 amide bonds. The van der Waals surface area contributed by atoms with Gasteiger partial charge in [-0.3, -0.25) is 4.79 Å². The minimum absolute atomic E-state index is 0. The van der Waals surface area contributed by atoms with Crippen LogP contribution in [0.3, 0.4) is 0 Å². The molecule has 0 atom stereocenters. The van der Waals surface area contributed by atoms with Gasteiger partial charge >= 0.3 is 0 Å². The molecule has 0 saturated carbocycles. The molecule has 0 N–H and O–H groups in total. The van der Waals surface area contributed by atoms with Crippen LogP contribution in [-0.4, -0.2) is 32.5 Å². The van der Waals surface area contributed by atoms with E-state index in [1.807, 2.05) is 36.4 Å². The summed E-state index contributed by atoms with van der Waals surface area (Å²) in [7, 11) is 0. The van der Waals surface area contributed by atoms with Crippen molar-refractivity contribution in [2.75, 3.05) is 36.0 Å². The summed E-state index contributed by atoms with van der Waals surface area (Å²) in [6, 6.07) is 42.0. The van der Waals surface area contributed by atoms with Gasteiger partial charge < -0.3 is 19.3 Å². The van der Waals surface area contributed by atoms with Crippen LogP contribution in [0, 0.1) is 0 Å². The fourth-order valence-electron chi connectivity index (χ4n) is 7.23. The second-order valence-corrected chi connectivity index (χ2v) is 18.3. The van der Waals surface area contributed by atoms with E-state index in [2.05, 4.69) is 152 Å². The number of carbonyl (C=O) groups excluding carboxylic acids is 1. The molecule has 0 radical (unpaired) electrons. The predicted octanol–water partition coefficient (Wildman–Crippen LogP) is 17.0. The molecular weight excluding hydrogens is 837 g/mol. The number of thiophene rings is 2. The van der Waals surface area contributed by atoms with E-state index in [4.69, 9.17) is 9.47 Å². The molecule has 6 rings (SSSR count). The van der Waals surface area contributed by atoms with E-state index in [0.717, 1.165) is 70.4 Å². The van der Waals surface area contributed by atoms with Crippen LogP contribution in [0.5, 0.6) is 11.5 Å². The maximum atomic E-state index is 11.0. The number of nitrogens with zero attached hydrogens (tertiary/aromatic N) is 2. The van der Waals surface area contributed by atoms with Crippen LogP contribution in [0.25, 0.3) is 24.3 Å². The number of aldehydes is 1. The molecule has 2 aromatic heterocycles. The topological polar surface area (TPSA) is 42.0 Å². The Balaban J connectivity index is 0.000000281. The Labute approximate surface area is 400 Å². The van der Waals surface area contributed by atoms with Crippen LogP contribution >= 0.6 is 22.7 Å². The summed E-state index contributed by atoms with van der Waals surface area (Å²) in [6.07, 6.45) is 21.6. The molecule has 346 valence electrons. The van der Waals surface area contributed by atoms with Crippen molar-refractivity contribution in [3.63, 3.8) is 0 Å². The van der Waals surface area contributed by atoms with Gasteiger partial charge in [0.2, 0.25) is 0 Å². The maximum Gasteiger partial charge on any atom is 0.160 e. The van der Waals surface area contributed by atoms with Crippen molar-refractivity contribution in [2.45, 2.75) is 113 Å². The van der Waals surface area contributed by atoms with E-state index in [-0.39, 0.29) is 7.43 Å². The third-order valence-electron chi connectivity index (χ3n) is 11.0. The Morgan fingerprint density at radius 2 is 0.938 bits per heavy atom. The summed E-state index contributed by atoms with van der Waals surface area (Å²) in [5.74, 6) is 1.84. The molecule has 4 aromatic carbocycles. The molecule has 6 aromatic rings. The Kier molecular flexibility index (Phi) is 24.7. The average Bonchev–Trinajstić information content (AvgIpc) is 4.05. The van der Waals surface area contributed by atoms with Gasteiger partial charge in [-0.05, 0) is 109 Å². The van der Waals surface area contributed by atoms with Crippen molar-refractivity contribution in [3.8, 4) is 11.5 Å². The van der Waals surface area contributed by atoms with Gasteiger partial charge in [0.15, 0.2) is 6.29 Å². The standard InChI is InChI=1S/C29H35NO2S.C28H35NOS.CH4/c1-3-5-10-20-30(19-6-4-2)26-15-13-25(14-16-27-17-18-28(22-31)33-27)29(21-26)32-23-24-11-8-7-9-12-24;1-3-5-10-20-29(19-6-4-2)26-17-15-25(16-18-27-14-11-21-31-27)28(22-26)30-23-24-12-8-7-9-13-24;/h7-9,11-18,21-22H,3-6,10,19-20,23H2,1-2H3;7-9,11-18,21-22H,3-6,10,19-20,23H2,1-2H3;1H4. The third kappa shape index (κ3) is 18.6. The number of hydrogen-bond acceptors (Lipinski definition) is 7. The van der Waals surface area contributed by atoms with E-state index in [1.54, 1.807) is 11.3 Å². The lowest BCUT2D eigenvalue weighted by Gasteiger charge is -2.26. The highest BCUT2D eigenvalue weighted by Gasteiger charge is 2.13. The smallest absolute Gasteiger partial charge is 0.160 e. The Morgan fingerprint density at radius 1 is 0.477 bits per heavy atom. The third-order valence-corrected chi connectivity index (χ3v) is 12.8. The van der Waals surface area contributed by atoms with Crippen molar-refractivity contribution in [1.29, 1.82) is 0 Å².